The highest BCUT2D eigenvalue weighted by Crippen LogP contribution is 2.21. The molecule has 5 nitrogen and oxygen atoms in total. The summed E-state index contributed by atoms with van der Waals surface area (Å²) in [4.78, 5) is 23.0. The van der Waals surface area contributed by atoms with Gasteiger partial charge in [-0.15, -0.1) is 11.3 Å². The SMILES string of the molecule is Cc1nc(C)c(CNc2nc(=O)[nH]c(Cl)c2C)s1. The van der Waals surface area contributed by atoms with Crippen LogP contribution in [0.15, 0.2) is 4.79 Å². The number of aromatic nitrogens is 3. The molecule has 18 heavy (non-hydrogen) atoms. The summed E-state index contributed by atoms with van der Waals surface area (Å²) in [5, 5.41) is 4.46. The van der Waals surface area contributed by atoms with Gasteiger partial charge in [0, 0.05) is 10.4 Å². The Hall–Kier alpha value is -1.40. The lowest BCUT2D eigenvalue weighted by Crippen LogP contribution is -2.15. The molecule has 0 unspecified atom stereocenters. The van der Waals surface area contributed by atoms with E-state index in [4.69, 9.17) is 11.6 Å². The van der Waals surface area contributed by atoms with Crippen LogP contribution in [0.4, 0.5) is 5.82 Å². The molecule has 0 amide bonds. The van der Waals surface area contributed by atoms with Crippen molar-refractivity contribution in [1.82, 2.24) is 15.0 Å². The number of aromatic amines is 1. The van der Waals surface area contributed by atoms with E-state index in [0.717, 1.165) is 21.1 Å². The molecule has 2 aromatic heterocycles. The second-order valence-corrected chi connectivity index (χ2v) is 5.59. The highest BCUT2D eigenvalue weighted by molar-refractivity contribution is 7.11. The third-order valence-corrected chi connectivity index (χ3v) is 3.98. The number of hydrogen-bond acceptors (Lipinski definition) is 5. The molecule has 0 aliphatic rings. The second-order valence-electron chi connectivity index (χ2n) is 3.92. The molecule has 2 aromatic rings. The summed E-state index contributed by atoms with van der Waals surface area (Å²) in [7, 11) is 0. The van der Waals surface area contributed by atoms with Gasteiger partial charge >= 0.3 is 5.69 Å². The molecule has 0 fully saturated rings. The Bertz CT molecular complexity index is 634. The predicted octanol–water partition coefficient (Wildman–Crippen LogP) is 2.42. The van der Waals surface area contributed by atoms with E-state index < -0.39 is 5.69 Å². The van der Waals surface area contributed by atoms with Gasteiger partial charge in [0.25, 0.3) is 0 Å². The van der Waals surface area contributed by atoms with E-state index in [1.165, 1.54) is 0 Å². The van der Waals surface area contributed by atoms with E-state index in [9.17, 15) is 4.79 Å². The first-order valence-corrected chi connectivity index (χ1v) is 6.60. The molecule has 2 rings (SSSR count). The van der Waals surface area contributed by atoms with Gasteiger partial charge in [0.05, 0.1) is 17.2 Å². The van der Waals surface area contributed by atoms with Crippen LogP contribution < -0.4 is 11.0 Å². The number of H-pyrrole nitrogens is 1. The normalized spacial score (nSPS) is 10.7. The summed E-state index contributed by atoms with van der Waals surface area (Å²) < 4.78 is 0. The number of thiazole rings is 1. The summed E-state index contributed by atoms with van der Waals surface area (Å²) in [5.41, 5.74) is 1.28. The molecule has 0 atom stereocenters. The summed E-state index contributed by atoms with van der Waals surface area (Å²) in [5.74, 6) is 0.509. The molecule has 0 radical (unpaired) electrons. The van der Waals surface area contributed by atoms with Gasteiger partial charge in [0.2, 0.25) is 0 Å². The minimum atomic E-state index is -0.453. The second kappa shape index (κ2) is 5.07. The van der Waals surface area contributed by atoms with E-state index >= 15 is 0 Å². The summed E-state index contributed by atoms with van der Waals surface area (Å²) in [6, 6.07) is 0. The molecule has 0 aliphatic carbocycles. The van der Waals surface area contributed by atoms with E-state index in [2.05, 4.69) is 20.3 Å². The van der Waals surface area contributed by atoms with Crippen molar-refractivity contribution in [3.05, 3.63) is 36.8 Å². The number of hydrogen-bond donors (Lipinski definition) is 2. The number of aryl methyl sites for hydroxylation is 2. The zero-order valence-electron chi connectivity index (χ0n) is 10.3. The van der Waals surface area contributed by atoms with Crippen molar-refractivity contribution in [3.8, 4) is 0 Å². The first-order valence-electron chi connectivity index (χ1n) is 5.40. The van der Waals surface area contributed by atoms with Gasteiger partial charge in [0.1, 0.15) is 11.0 Å². The van der Waals surface area contributed by atoms with Gasteiger partial charge in [-0.25, -0.2) is 9.78 Å². The average Bonchev–Trinajstić information content (AvgIpc) is 2.60. The summed E-state index contributed by atoms with van der Waals surface area (Å²) in [6.45, 7) is 6.32. The van der Waals surface area contributed by atoms with Crippen LogP contribution in [0.25, 0.3) is 0 Å². The average molecular weight is 285 g/mol. The number of rotatable bonds is 3. The molecule has 7 heteroatoms. The molecule has 96 valence electrons. The first-order chi connectivity index (χ1) is 8.47. The van der Waals surface area contributed by atoms with Crippen LogP contribution in [-0.4, -0.2) is 15.0 Å². The molecule has 2 heterocycles. The Kier molecular flexibility index (Phi) is 3.68. The minimum absolute atomic E-state index is 0.315. The summed E-state index contributed by atoms with van der Waals surface area (Å²) >= 11 is 7.52. The zero-order chi connectivity index (χ0) is 13.3. The maximum atomic E-state index is 11.2. The number of halogens is 1. The number of nitrogens with one attached hydrogen (secondary N) is 2. The molecule has 2 N–H and O–H groups in total. The highest BCUT2D eigenvalue weighted by atomic mass is 35.5. The molecule has 0 saturated carbocycles. The Morgan fingerprint density at radius 3 is 2.67 bits per heavy atom. The fraction of sp³-hybridized carbons (Fsp3) is 0.364. The van der Waals surface area contributed by atoms with E-state index in [1.807, 2.05) is 13.8 Å². The molecule has 0 spiro atoms. The minimum Gasteiger partial charge on any atom is -0.365 e. The van der Waals surface area contributed by atoms with Gasteiger partial charge < -0.3 is 5.32 Å². The van der Waals surface area contributed by atoms with Crippen molar-refractivity contribution < 1.29 is 0 Å². The molecule has 0 aliphatic heterocycles. The topological polar surface area (TPSA) is 70.7 Å². The van der Waals surface area contributed by atoms with E-state index in [1.54, 1.807) is 18.3 Å². The third kappa shape index (κ3) is 2.70. The van der Waals surface area contributed by atoms with Crippen molar-refractivity contribution >= 4 is 28.8 Å². The first kappa shape index (κ1) is 13.0. The number of anilines is 1. The number of nitrogens with zero attached hydrogens (tertiary/aromatic N) is 2. The maximum Gasteiger partial charge on any atom is 0.348 e. The molecular weight excluding hydrogens is 272 g/mol. The largest absolute Gasteiger partial charge is 0.365 e. The molecule has 0 bridgehead atoms. The van der Waals surface area contributed by atoms with Gasteiger partial charge in [-0.3, -0.25) is 4.98 Å². The van der Waals surface area contributed by atoms with Crippen LogP contribution in [0.5, 0.6) is 0 Å². The third-order valence-electron chi connectivity index (χ3n) is 2.53. The highest BCUT2D eigenvalue weighted by Gasteiger charge is 2.09. The zero-order valence-corrected chi connectivity index (χ0v) is 11.9. The van der Waals surface area contributed by atoms with Crippen LogP contribution in [-0.2, 0) is 6.54 Å². The van der Waals surface area contributed by atoms with Gasteiger partial charge in [0.15, 0.2) is 0 Å². The lowest BCUT2D eigenvalue weighted by atomic mass is 10.3. The monoisotopic (exact) mass is 284 g/mol. The van der Waals surface area contributed by atoms with Crippen molar-refractivity contribution in [2.24, 2.45) is 0 Å². The quantitative estimate of drug-likeness (QED) is 0.849. The van der Waals surface area contributed by atoms with Crippen molar-refractivity contribution in [2.75, 3.05) is 5.32 Å². The lowest BCUT2D eigenvalue weighted by molar-refractivity contribution is 1.01. The Labute approximate surface area is 113 Å². The fourth-order valence-corrected chi connectivity index (χ4v) is 2.63. The molecule has 0 saturated heterocycles. The maximum absolute atomic E-state index is 11.2. The Morgan fingerprint density at radius 2 is 2.06 bits per heavy atom. The van der Waals surface area contributed by atoms with E-state index in [0.29, 0.717) is 17.5 Å². The van der Waals surface area contributed by atoms with Crippen LogP contribution >= 0.6 is 22.9 Å². The van der Waals surface area contributed by atoms with Crippen LogP contribution in [0, 0.1) is 20.8 Å². The standard InChI is InChI=1S/C11H13ClN4OS/c1-5-9(12)15-11(17)16-10(5)13-4-8-6(2)14-7(3)18-8/h4H2,1-3H3,(H2,13,15,16,17). The van der Waals surface area contributed by atoms with Gasteiger partial charge in [-0.1, -0.05) is 11.6 Å². The van der Waals surface area contributed by atoms with Gasteiger partial charge in [-0.05, 0) is 20.8 Å². The predicted molar refractivity (Wildman–Crippen MR) is 73.5 cm³/mol. The van der Waals surface area contributed by atoms with Crippen LogP contribution in [0.3, 0.4) is 0 Å². The smallest absolute Gasteiger partial charge is 0.348 e. The Morgan fingerprint density at radius 1 is 1.33 bits per heavy atom. The van der Waals surface area contributed by atoms with Crippen LogP contribution in [0.2, 0.25) is 5.15 Å². The van der Waals surface area contributed by atoms with Crippen molar-refractivity contribution in [1.29, 1.82) is 0 Å². The Balaban J connectivity index is 2.20. The fourth-order valence-electron chi connectivity index (χ4n) is 1.58. The molecule has 0 aromatic carbocycles. The van der Waals surface area contributed by atoms with Crippen molar-refractivity contribution in [2.45, 2.75) is 27.3 Å². The van der Waals surface area contributed by atoms with Crippen molar-refractivity contribution in [3.63, 3.8) is 0 Å². The lowest BCUT2D eigenvalue weighted by Gasteiger charge is -2.07. The molecular formula is C11H13ClN4OS. The van der Waals surface area contributed by atoms with Gasteiger partial charge in [-0.2, -0.15) is 4.98 Å². The van der Waals surface area contributed by atoms with Crippen LogP contribution in [0.1, 0.15) is 21.1 Å². The van der Waals surface area contributed by atoms with E-state index in [-0.39, 0.29) is 0 Å². The summed E-state index contributed by atoms with van der Waals surface area (Å²) in [6.07, 6.45) is 0.